The lowest BCUT2D eigenvalue weighted by Gasteiger charge is -2.41. The molecule has 5 rings (SSSR count). The molecule has 4 atom stereocenters. The van der Waals surface area contributed by atoms with E-state index in [1.54, 1.807) is 0 Å². The second-order valence-corrected chi connectivity index (χ2v) is 9.82. The molecule has 0 bridgehead atoms. The Morgan fingerprint density at radius 3 is 1.79 bits per heavy atom. The lowest BCUT2D eigenvalue weighted by molar-refractivity contribution is -0.257. The number of rotatable bonds is 12. The fourth-order valence-corrected chi connectivity index (χ4v) is 4.72. The number of hydrogen-bond donors (Lipinski definition) is 0. The molecule has 1 saturated heterocycles. The Morgan fingerprint density at radius 1 is 0.641 bits per heavy atom. The molecule has 0 unspecified atom stereocenters. The Labute approximate surface area is 231 Å². The van der Waals surface area contributed by atoms with E-state index in [0.717, 1.165) is 28.0 Å². The summed E-state index contributed by atoms with van der Waals surface area (Å²) in [6.07, 6.45) is -0.909. The molecule has 1 heterocycles. The van der Waals surface area contributed by atoms with E-state index in [9.17, 15) is 0 Å². The highest BCUT2D eigenvalue weighted by atomic mass is 16.7. The summed E-state index contributed by atoms with van der Waals surface area (Å²) >= 11 is 0. The minimum atomic E-state index is -0.492. The molecule has 0 spiro atoms. The topological polar surface area (TPSA) is 46.2 Å². The second kappa shape index (κ2) is 14.1. The van der Waals surface area contributed by atoms with E-state index in [2.05, 4.69) is 36.4 Å². The lowest BCUT2D eigenvalue weighted by atomic mass is 10.0. The van der Waals surface area contributed by atoms with Gasteiger partial charge in [0, 0.05) is 6.42 Å². The van der Waals surface area contributed by atoms with Crippen LogP contribution in [0.3, 0.4) is 0 Å². The van der Waals surface area contributed by atoms with Crippen LogP contribution >= 0.6 is 0 Å². The molecule has 202 valence electrons. The molecule has 5 nitrogen and oxygen atoms in total. The van der Waals surface area contributed by atoms with Gasteiger partial charge in [0.15, 0.2) is 0 Å². The van der Waals surface area contributed by atoms with Gasteiger partial charge in [-0.1, -0.05) is 109 Å². The zero-order chi connectivity index (χ0) is 26.7. The van der Waals surface area contributed by atoms with Gasteiger partial charge in [-0.3, -0.25) is 0 Å². The summed E-state index contributed by atoms with van der Waals surface area (Å²) < 4.78 is 32.1. The molecule has 1 fully saturated rings. The highest BCUT2D eigenvalue weighted by Crippen LogP contribution is 2.30. The standard InChI is InChI=1S/C34H36O5/c1-26-13-11-12-20-30(26)38-33-21-31(36-23-28-16-7-3-8-17-28)34(37-24-29-18-9-4-10-19-29)32(39-33)25-35-22-27-14-5-2-6-15-27/h2-20,31-34H,21-25H2,1H3/t31-,32-,33-,34-/m1/s1. The number of aryl methyl sites for hydroxylation is 1. The van der Waals surface area contributed by atoms with Crippen molar-refractivity contribution >= 4 is 0 Å². The maximum atomic E-state index is 6.52. The molecule has 1 aliphatic heterocycles. The molecule has 0 N–H and O–H groups in total. The van der Waals surface area contributed by atoms with Crippen molar-refractivity contribution in [3.8, 4) is 5.75 Å². The molecule has 0 saturated carbocycles. The molecule has 0 aliphatic carbocycles. The maximum absolute atomic E-state index is 6.52. The number of benzene rings is 4. The van der Waals surface area contributed by atoms with E-state index in [1.807, 2.05) is 85.8 Å². The van der Waals surface area contributed by atoms with Crippen molar-refractivity contribution in [3.63, 3.8) is 0 Å². The van der Waals surface area contributed by atoms with E-state index < -0.39 is 6.29 Å². The third kappa shape index (κ3) is 8.01. The maximum Gasteiger partial charge on any atom is 0.202 e. The smallest absolute Gasteiger partial charge is 0.202 e. The van der Waals surface area contributed by atoms with Crippen LogP contribution in [0.1, 0.15) is 28.7 Å². The van der Waals surface area contributed by atoms with Gasteiger partial charge in [-0.2, -0.15) is 0 Å². The lowest BCUT2D eigenvalue weighted by Crippen LogP contribution is -2.53. The monoisotopic (exact) mass is 524 g/mol. The Morgan fingerprint density at radius 2 is 1.18 bits per heavy atom. The van der Waals surface area contributed by atoms with Crippen molar-refractivity contribution in [1.29, 1.82) is 0 Å². The van der Waals surface area contributed by atoms with Gasteiger partial charge in [-0.05, 0) is 35.2 Å². The van der Waals surface area contributed by atoms with E-state index in [4.69, 9.17) is 23.7 Å². The molecule has 4 aromatic carbocycles. The van der Waals surface area contributed by atoms with Crippen molar-refractivity contribution in [3.05, 3.63) is 138 Å². The fourth-order valence-electron chi connectivity index (χ4n) is 4.72. The second-order valence-electron chi connectivity index (χ2n) is 9.82. The summed E-state index contributed by atoms with van der Waals surface area (Å²) in [7, 11) is 0. The van der Waals surface area contributed by atoms with Crippen molar-refractivity contribution in [2.45, 2.75) is 57.8 Å². The number of para-hydroxylation sites is 1. The van der Waals surface area contributed by atoms with Gasteiger partial charge in [-0.25, -0.2) is 0 Å². The zero-order valence-corrected chi connectivity index (χ0v) is 22.4. The highest BCUT2D eigenvalue weighted by molar-refractivity contribution is 5.31. The van der Waals surface area contributed by atoms with Crippen molar-refractivity contribution in [2.24, 2.45) is 0 Å². The van der Waals surface area contributed by atoms with Crippen molar-refractivity contribution in [1.82, 2.24) is 0 Å². The predicted octanol–water partition coefficient (Wildman–Crippen LogP) is 6.88. The Kier molecular flexibility index (Phi) is 9.77. The van der Waals surface area contributed by atoms with E-state index in [0.29, 0.717) is 32.8 Å². The summed E-state index contributed by atoms with van der Waals surface area (Å²) in [6, 6.07) is 38.5. The predicted molar refractivity (Wildman–Crippen MR) is 151 cm³/mol. The summed E-state index contributed by atoms with van der Waals surface area (Å²) in [5.74, 6) is 0.803. The zero-order valence-electron chi connectivity index (χ0n) is 22.4. The van der Waals surface area contributed by atoms with Gasteiger partial charge < -0.3 is 23.7 Å². The summed E-state index contributed by atoms with van der Waals surface area (Å²) in [5.41, 5.74) is 4.38. The third-order valence-corrected chi connectivity index (χ3v) is 6.82. The molecule has 1 aliphatic rings. The van der Waals surface area contributed by atoms with Gasteiger partial charge in [0.2, 0.25) is 6.29 Å². The third-order valence-electron chi connectivity index (χ3n) is 6.82. The molecular weight excluding hydrogens is 488 g/mol. The number of ether oxygens (including phenoxy) is 5. The van der Waals surface area contributed by atoms with Gasteiger partial charge in [0.25, 0.3) is 0 Å². The normalized spacial score (nSPS) is 20.9. The molecule has 5 heteroatoms. The first-order valence-electron chi connectivity index (χ1n) is 13.5. The molecule has 39 heavy (non-hydrogen) atoms. The van der Waals surface area contributed by atoms with Crippen LogP contribution < -0.4 is 4.74 Å². The average Bonchev–Trinajstić information content (AvgIpc) is 2.98. The Bertz CT molecular complexity index is 1250. The molecule has 0 amide bonds. The largest absolute Gasteiger partial charge is 0.465 e. The first-order valence-corrected chi connectivity index (χ1v) is 13.5. The van der Waals surface area contributed by atoms with Crippen molar-refractivity contribution < 1.29 is 23.7 Å². The van der Waals surface area contributed by atoms with Crippen LogP contribution in [0.2, 0.25) is 0 Å². The SMILES string of the molecule is Cc1ccccc1O[C@H]1C[C@@H](OCc2ccccc2)[C@@H](OCc2ccccc2)[C@@H](COCc2ccccc2)O1. The van der Waals surface area contributed by atoms with Crippen LogP contribution in [0.25, 0.3) is 0 Å². The first kappa shape index (κ1) is 27.1. The summed E-state index contributed by atoms with van der Waals surface area (Å²) in [5, 5.41) is 0. The Hall–Kier alpha value is -3.48. The van der Waals surface area contributed by atoms with Crippen LogP contribution in [0.4, 0.5) is 0 Å². The van der Waals surface area contributed by atoms with Gasteiger partial charge in [0.05, 0.1) is 32.5 Å². The number of hydrogen-bond acceptors (Lipinski definition) is 5. The minimum Gasteiger partial charge on any atom is -0.465 e. The van der Waals surface area contributed by atoms with Gasteiger partial charge in [0.1, 0.15) is 18.0 Å². The minimum absolute atomic E-state index is 0.248. The molecule has 0 aromatic heterocycles. The van der Waals surface area contributed by atoms with Gasteiger partial charge >= 0.3 is 0 Å². The van der Waals surface area contributed by atoms with Crippen molar-refractivity contribution in [2.75, 3.05) is 6.61 Å². The van der Waals surface area contributed by atoms with E-state index in [1.165, 1.54) is 0 Å². The fraction of sp³-hybridized carbons (Fsp3) is 0.294. The van der Waals surface area contributed by atoms with Crippen LogP contribution in [0.15, 0.2) is 115 Å². The van der Waals surface area contributed by atoms with E-state index in [-0.39, 0.29) is 18.3 Å². The molecule has 0 radical (unpaired) electrons. The quantitative estimate of drug-likeness (QED) is 0.202. The van der Waals surface area contributed by atoms with Gasteiger partial charge in [-0.15, -0.1) is 0 Å². The summed E-state index contributed by atoms with van der Waals surface area (Å²) in [6.45, 7) is 3.82. The summed E-state index contributed by atoms with van der Waals surface area (Å²) in [4.78, 5) is 0. The van der Waals surface area contributed by atoms with Crippen LogP contribution in [-0.4, -0.2) is 31.2 Å². The van der Waals surface area contributed by atoms with Crippen LogP contribution in [0.5, 0.6) is 5.75 Å². The molecular formula is C34H36O5. The molecule has 4 aromatic rings. The highest BCUT2D eigenvalue weighted by Gasteiger charge is 2.41. The van der Waals surface area contributed by atoms with E-state index >= 15 is 0 Å². The Balaban J connectivity index is 1.34. The average molecular weight is 525 g/mol. The van der Waals surface area contributed by atoms with Crippen LogP contribution in [0, 0.1) is 6.92 Å². The van der Waals surface area contributed by atoms with Crippen LogP contribution in [-0.2, 0) is 38.8 Å². The first-order chi connectivity index (χ1) is 19.2.